The van der Waals surface area contributed by atoms with Crippen LogP contribution in [0.15, 0.2) is 53.0 Å². The van der Waals surface area contributed by atoms with Crippen molar-refractivity contribution >= 4 is 39.1 Å². The Kier molecular flexibility index (Phi) is 5.93. The summed E-state index contributed by atoms with van der Waals surface area (Å²) in [6.45, 7) is 2.98. The van der Waals surface area contributed by atoms with Crippen LogP contribution in [-0.2, 0) is 9.59 Å². The minimum atomic E-state index is -0.395. The molecular weight excluding hydrogens is 396 g/mol. The van der Waals surface area contributed by atoms with Crippen molar-refractivity contribution in [2.45, 2.75) is 19.8 Å². The highest BCUT2D eigenvalue weighted by atomic mass is 79.9. The third-order valence-corrected chi connectivity index (χ3v) is 4.92. The van der Waals surface area contributed by atoms with E-state index in [4.69, 9.17) is 4.74 Å². The number of nitrogens with zero attached hydrogens (tertiary/aromatic N) is 1. The number of amides is 2. The van der Waals surface area contributed by atoms with Crippen LogP contribution in [0.25, 0.3) is 0 Å². The van der Waals surface area contributed by atoms with Gasteiger partial charge in [-0.15, -0.1) is 0 Å². The summed E-state index contributed by atoms with van der Waals surface area (Å²) in [4.78, 5) is 26.8. The average molecular weight is 417 g/mol. The van der Waals surface area contributed by atoms with Gasteiger partial charge in [-0.25, -0.2) is 0 Å². The summed E-state index contributed by atoms with van der Waals surface area (Å²) < 4.78 is 6.52. The first-order valence-electron chi connectivity index (χ1n) is 8.67. The summed E-state index contributed by atoms with van der Waals surface area (Å²) in [5.41, 5.74) is 1.43. The third-order valence-electron chi connectivity index (χ3n) is 4.25. The van der Waals surface area contributed by atoms with Gasteiger partial charge in [0, 0.05) is 17.4 Å². The summed E-state index contributed by atoms with van der Waals surface area (Å²) in [7, 11) is 0. The predicted molar refractivity (Wildman–Crippen MR) is 105 cm³/mol. The van der Waals surface area contributed by atoms with Gasteiger partial charge in [-0.05, 0) is 46.6 Å². The molecule has 1 unspecified atom stereocenters. The van der Waals surface area contributed by atoms with Crippen LogP contribution >= 0.6 is 15.9 Å². The molecule has 2 amide bonds. The summed E-state index contributed by atoms with van der Waals surface area (Å²) in [5, 5.41) is 2.91. The highest BCUT2D eigenvalue weighted by Gasteiger charge is 2.36. The van der Waals surface area contributed by atoms with Crippen LogP contribution in [0.1, 0.15) is 19.8 Å². The summed E-state index contributed by atoms with van der Waals surface area (Å²) in [5.74, 6) is 0.0385. The lowest BCUT2D eigenvalue weighted by Gasteiger charge is -2.18. The van der Waals surface area contributed by atoms with E-state index in [2.05, 4.69) is 21.2 Å². The van der Waals surface area contributed by atoms with Gasteiger partial charge >= 0.3 is 0 Å². The molecule has 26 heavy (non-hydrogen) atoms. The van der Waals surface area contributed by atoms with E-state index in [0.29, 0.717) is 24.6 Å². The number of hydrogen-bond acceptors (Lipinski definition) is 3. The predicted octanol–water partition coefficient (Wildman–Crippen LogP) is 4.23. The molecule has 0 aromatic heterocycles. The molecule has 1 atom stereocenters. The first-order valence-corrected chi connectivity index (χ1v) is 9.47. The topological polar surface area (TPSA) is 58.6 Å². The SMILES string of the molecule is CCCOc1ccccc1NC(=O)C1CC(=O)N(c2ccccc2Br)C1. The highest BCUT2D eigenvalue weighted by molar-refractivity contribution is 9.10. The maximum atomic E-state index is 12.7. The number of para-hydroxylation sites is 3. The molecule has 1 heterocycles. The van der Waals surface area contributed by atoms with Crippen molar-refractivity contribution in [3.05, 3.63) is 53.0 Å². The van der Waals surface area contributed by atoms with Crippen LogP contribution in [0.5, 0.6) is 5.75 Å². The fraction of sp³-hybridized carbons (Fsp3) is 0.300. The number of ether oxygens (including phenoxy) is 1. The van der Waals surface area contributed by atoms with Crippen LogP contribution in [0.4, 0.5) is 11.4 Å². The van der Waals surface area contributed by atoms with Crippen molar-refractivity contribution in [2.24, 2.45) is 5.92 Å². The molecule has 0 bridgehead atoms. The molecule has 1 aliphatic rings. The van der Waals surface area contributed by atoms with E-state index < -0.39 is 5.92 Å². The third kappa shape index (κ3) is 4.07. The van der Waals surface area contributed by atoms with Crippen LogP contribution in [0, 0.1) is 5.92 Å². The monoisotopic (exact) mass is 416 g/mol. The molecule has 0 aliphatic carbocycles. The quantitative estimate of drug-likeness (QED) is 0.766. The molecule has 0 spiro atoms. The Bertz CT molecular complexity index is 809. The second-order valence-electron chi connectivity index (χ2n) is 6.19. The van der Waals surface area contributed by atoms with E-state index in [-0.39, 0.29) is 18.2 Å². The molecular formula is C20H21BrN2O3. The smallest absolute Gasteiger partial charge is 0.229 e. The van der Waals surface area contributed by atoms with Crippen molar-refractivity contribution in [1.29, 1.82) is 0 Å². The number of hydrogen-bond donors (Lipinski definition) is 1. The minimum absolute atomic E-state index is 0.0485. The normalized spacial score (nSPS) is 16.6. The molecule has 1 aliphatic heterocycles. The molecule has 6 heteroatoms. The zero-order valence-corrected chi connectivity index (χ0v) is 16.2. The zero-order valence-electron chi connectivity index (χ0n) is 14.6. The lowest BCUT2D eigenvalue weighted by molar-refractivity contribution is -0.122. The highest BCUT2D eigenvalue weighted by Crippen LogP contribution is 2.32. The van der Waals surface area contributed by atoms with Crippen LogP contribution in [0.3, 0.4) is 0 Å². The van der Waals surface area contributed by atoms with Gasteiger partial charge in [-0.2, -0.15) is 0 Å². The number of carbonyl (C=O) groups is 2. The van der Waals surface area contributed by atoms with Crippen LogP contribution in [0.2, 0.25) is 0 Å². The van der Waals surface area contributed by atoms with Crippen LogP contribution in [-0.4, -0.2) is 25.0 Å². The Morgan fingerprint density at radius 3 is 2.73 bits per heavy atom. The van der Waals surface area contributed by atoms with Crippen molar-refractivity contribution in [1.82, 2.24) is 0 Å². The minimum Gasteiger partial charge on any atom is -0.491 e. The lowest BCUT2D eigenvalue weighted by Crippen LogP contribution is -2.28. The van der Waals surface area contributed by atoms with E-state index in [1.807, 2.05) is 55.5 Å². The molecule has 136 valence electrons. The van der Waals surface area contributed by atoms with Crippen molar-refractivity contribution in [3.8, 4) is 5.75 Å². The number of carbonyl (C=O) groups excluding carboxylic acids is 2. The van der Waals surface area contributed by atoms with Crippen molar-refractivity contribution in [3.63, 3.8) is 0 Å². The van der Waals surface area contributed by atoms with Gasteiger partial charge in [-0.1, -0.05) is 31.2 Å². The standard InChI is InChI=1S/C20H21BrN2O3/c1-2-11-26-18-10-6-4-8-16(18)22-20(25)14-12-19(24)23(13-14)17-9-5-3-7-15(17)21/h3-10,14H,2,11-13H2,1H3,(H,22,25). The van der Waals surface area contributed by atoms with Crippen molar-refractivity contribution in [2.75, 3.05) is 23.4 Å². The lowest BCUT2D eigenvalue weighted by atomic mass is 10.1. The van der Waals surface area contributed by atoms with Gasteiger partial charge in [0.15, 0.2) is 0 Å². The Balaban J connectivity index is 1.70. The van der Waals surface area contributed by atoms with Gasteiger partial charge in [0.1, 0.15) is 5.75 Å². The molecule has 1 N–H and O–H groups in total. The molecule has 1 fully saturated rings. The van der Waals surface area contributed by atoms with E-state index in [1.165, 1.54) is 0 Å². The summed E-state index contributed by atoms with van der Waals surface area (Å²) in [6.07, 6.45) is 1.09. The molecule has 0 saturated carbocycles. The number of halogens is 1. The maximum absolute atomic E-state index is 12.7. The Morgan fingerprint density at radius 1 is 1.23 bits per heavy atom. The van der Waals surface area contributed by atoms with E-state index in [1.54, 1.807) is 4.90 Å². The van der Waals surface area contributed by atoms with Gasteiger partial charge in [0.05, 0.1) is 23.9 Å². The summed E-state index contributed by atoms with van der Waals surface area (Å²) >= 11 is 3.47. The van der Waals surface area contributed by atoms with E-state index >= 15 is 0 Å². The number of benzene rings is 2. The molecule has 5 nitrogen and oxygen atoms in total. The average Bonchev–Trinajstić information content (AvgIpc) is 3.03. The number of nitrogens with one attached hydrogen (secondary N) is 1. The van der Waals surface area contributed by atoms with E-state index in [0.717, 1.165) is 16.6 Å². The fourth-order valence-electron chi connectivity index (χ4n) is 2.93. The maximum Gasteiger partial charge on any atom is 0.229 e. The van der Waals surface area contributed by atoms with Gasteiger partial charge < -0.3 is 15.0 Å². The molecule has 3 rings (SSSR count). The zero-order chi connectivity index (χ0) is 18.5. The number of anilines is 2. The van der Waals surface area contributed by atoms with Gasteiger partial charge in [-0.3, -0.25) is 9.59 Å². The van der Waals surface area contributed by atoms with E-state index in [9.17, 15) is 9.59 Å². The summed E-state index contributed by atoms with van der Waals surface area (Å²) in [6, 6.07) is 14.9. The second kappa shape index (κ2) is 8.36. The molecule has 2 aromatic rings. The number of rotatable bonds is 6. The molecule has 1 saturated heterocycles. The Morgan fingerprint density at radius 2 is 1.96 bits per heavy atom. The van der Waals surface area contributed by atoms with Crippen LogP contribution < -0.4 is 15.0 Å². The Labute approximate surface area is 161 Å². The first kappa shape index (κ1) is 18.5. The second-order valence-corrected chi connectivity index (χ2v) is 7.05. The largest absolute Gasteiger partial charge is 0.491 e. The first-order chi connectivity index (χ1) is 12.6. The van der Waals surface area contributed by atoms with Gasteiger partial charge in [0.2, 0.25) is 11.8 Å². The Hall–Kier alpha value is -2.34. The molecule has 2 aromatic carbocycles. The molecule has 0 radical (unpaired) electrons. The van der Waals surface area contributed by atoms with Gasteiger partial charge in [0.25, 0.3) is 0 Å². The van der Waals surface area contributed by atoms with Crippen molar-refractivity contribution < 1.29 is 14.3 Å². The fourth-order valence-corrected chi connectivity index (χ4v) is 3.43.